The van der Waals surface area contributed by atoms with Crippen molar-refractivity contribution < 1.29 is 4.74 Å². The van der Waals surface area contributed by atoms with Crippen molar-refractivity contribution in [1.82, 2.24) is 9.78 Å². The van der Waals surface area contributed by atoms with Crippen molar-refractivity contribution in [2.75, 3.05) is 7.11 Å². The van der Waals surface area contributed by atoms with E-state index >= 15 is 0 Å². The Balaban J connectivity index is 2.83. The van der Waals surface area contributed by atoms with E-state index in [4.69, 9.17) is 10.5 Å². The summed E-state index contributed by atoms with van der Waals surface area (Å²) >= 11 is 0. The third-order valence-electron chi connectivity index (χ3n) is 2.60. The molecular weight excluding hydrogens is 190 g/mol. The van der Waals surface area contributed by atoms with Crippen LogP contribution in [0.2, 0.25) is 0 Å². The van der Waals surface area contributed by atoms with Crippen LogP contribution in [0.4, 0.5) is 0 Å². The van der Waals surface area contributed by atoms with Crippen LogP contribution in [0.3, 0.4) is 0 Å². The molecule has 0 spiro atoms. The first-order chi connectivity index (χ1) is 7.17. The van der Waals surface area contributed by atoms with Crippen molar-refractivity contribution in [3.63, 3.8) is 0 Å². The van der Waals surface area contributed by atoms with E-state index in [1.54, 1.807) is 7.11 Å². The van der Waals surface area contributed by atoms with Gasteiger partial charge in [0.1, 0.15) is 11.3 Å². The van der Waals surface area contributed by atoms with E-state index in [1.807, 2.05) is 24.7 Å². The fourth-order valence-electron chi connectivity index (χ4n) is 1.88. The molecule has 2 aromatic rings. The molecular formula is C11H15N3O. The summed E-state index contributed by atoms with van der Waals surface area (Å²) < 4.78 is 7.18. The van der Waals surface area contributed by atoms with Crippen LogP contribution in [0.5, 0.6) is 5.75 Å². The van der Waals surface area contributed by atoms with Gasteiger partial charge in [-0.1, -0.05) is 0 Å². The molecule has 0 aliphatic heterocycles. The zero-order valence-electron chi connectivity index (χ0n) is 9.24. The summed E-state index contributed by atoms with van der Waals surface area (Å²) in [6.45, 7) is 2.50. The van der Waals surface area contributed by atoms with Gasteiger partial charge in [-0.15, -0.1) is 0 Å². The van der Waals surface area contributed by atoms with Crippen molar-refractivity contribution in [1.29, 1.82) is 0 Å². The highest BCUT2D eigenvalue weighted by molar-refractivity contribution is 5.88. The standard InChI is InChI=1S/C11H15N3O/c1-7-9-4-8(6-12)5-10(15-3)11(9)14(2)13-7/h4-5H,6,12H2,1-3H3. The number of nitrogens with zero attached hydrogens (tertiary/aromatic N) is 2. The average Bonchev–Trinajstić information content (AvgIpc) is 2.53. The predicted molar refractivity (Wildman–Crippen MR) is 59.9 cm³/mol. The first-order valence-corrected chi connectivity index (χ1v) is 4.87. The number of rotatable bonds is 2. The van der Waals surface area contributed by atoms with Gasteiger partial charge >= 0.3 is 0 Å². The van der Waals surface area contributed by atoms with E-state index in [0.717, 1.165) is 27.9 Å². The van der Waals surface area contributed by atoms with Crippen LogP contribution in [-0.2, 0) is 13.6 Å². The molecule has 80 valence electrons. The van der Waals surface area contributed by atoms with Gasteiger partial charge in [0.15, 0.2) is 0 Å². The molecule has 0 fully saturated rings. The highest BCUT2D eigenvalue weighted by Gasteiger charge is 2.11. The highest BCUT2D eigenvalue weighted by atomic mass is 16.5. The fraction of sp³-hybridized carbons (Fsp3) is 0.364. The summed E-state index contributed by atoms with van der Waals surface area (Å²) in [4.78, 5) is 0. The number of benzene rings is 1. The summed E-state index contributed by atoms with van der Waals surface area (Å²) in [6, 6.07) is 4.03. The number of aryl methyl sites for hydroxylation is 2. The lowest BCUT2D eigenvalue weighted by Gasteiger charge is -2.06. The molecule has 4 heteroatoms. The minimum atomic E-state index is 0.515. The van der Waals surface area contributed by atoms with Gasteiger partial charge in [-0.3, -0.25) is 4.68 Å². The van der Waals surface area contributed by atoms with Gasteiger partial charge in [-0.25, -0.2) is 0 Å². The average molecular weight is 205 g/mol. The van der Waals surface area contributed by atoms with Gasteiger partial charge in [-0.2, -0.15) is 5.10 Å². The lowest BCUT2D eigenvalue weighted by molar-refractivity contribution is 0.417. The summed E-state index contributed by atoms with van der Waals surface area (Å²) in [5.74, 6) is 0.830. The molecule has 0 saturated carbocycles. The van der Waals surface area contributed by atoms with Crippen LogP contribution >= 0.6 is 0 Å². The normalized spacial score (nSPS) is 10.9. The highest BCUT2D eigenvalue weighted by Crippen LogP contribution is 2.28. The van der Waals surface area contributed by atoms with Gasteiger partial charge in [0.2, 0.25) is 0 Å². The predicted octanol–water partition coefficient (Wildman–Crippen LogP) is 1.35. The molecule has 0 atom stereocenters. The van der Waals surface area contributed by atoms with Crippen molar-refractivity contribution in [2.24, 2.45) is 12.8 Å². The Labute approximate surface area is 88.6 Å². The topological polar surface area (TPSA) is 53.1 Å². The van der Waals surface area contributed by atoms with Gasteiger partial charge in [-0.05, 0) is 24.6 Å². The Morgan fingerprint density at radius 2 is 2.20 bits per heavy atom. The number of hydrogen-bond donors (Lipinski definition) is 1. The fourth-order valence-corrected chi connectivity index (χ4v) is 1.88. The van der Waals surface area contributed by atoms with Crippen LogP contribution in [0.1, 0.15) is 11.3 Å². The maximum Gasteiger partial charge on any atom is 0.145 e. The molecule has 0 amide bonds. The summed E-state index contributed by atoms with van der Waals surface area (Å²) in [5.41, 5.74) is 8.73. The Bertz CT molecular complexity index is 502. The third kappa shape index (κ3) is 1.47. The molecule has 1 heterocycles. The largest absolute Gasteiger partial charge is 0.494 e. The minimum Gasteiger partial charge on any atom is -0.494 e. The second-order valence-corrected chi connectivity index (χ2v) is 3.61. The molecule has 0 aliphatic rings. The van der Waals surface area contributed by atoms with Crippen molar-refractivity contribution in [2.45, 2.75) is 13.5 Å². The lowest BCUT2D eigenvalue weighted by atomic mass is 10.1. The van der Waals surface area contributed by atoms with Gasteiger partial charge in [0, 0.05) is 19.0 Å². The van der Waals surface area contributed by atoms with Crippen molar-refractivity contribution in [3.8, 4) is 5.75 Å². The maximum atomic E-state index is 5.64. The number of hydrogen-bond acceptors (Lipinski definition) is 3. The number of nitrogens with two attached hydrogens (primary N) is 1. The molecule has 1 aromatic carbocycles. The summed E-state index contributed by atoms with van der Waals surface area (Å²) in [6.07, 6.45) is 0. The van der Waals surface area contributed by atoms with E-state index in [0.29, 0.717) is 6.54 Å². The molecule has 4 nitrogen and oxygen atoms in total. The number of ether oxygens (including phenoxy) is 1. The van der Waals surface area contributed by atoms with Crippen molar-refractivity contribution >= 4 is 10.9 Å². The van der Waals surface area contributed by atoms with Gasteiger partial charge in [0.05, 0.1) is 12.8 Å². The monoisotopic (exact) mass is 205 g/mol. The van der Waals surface area contributed by atoms with Crippen LogP contribution in [-0.4, -0.2) is 16.9 Å². The van der Waals surface area contributed by atoms with Crippen LogP contribution in [0.15, 0.2) is 12.1 Å². The lowest BCUT2D eigenvalue weighted by Crippen LogP contribution is -1.98. The second-order valence-electron chi connectivity index (χ2n) is 3.61. The maximum absolute atomic E-state index is 5.64. The zero-order valence-corrected chi connectivity index (χ0v) is 9.24. The molecule has 2 N–H and O–H groups in total. The molecule has 2 rings (SSSR count). The number of fused-ring (bicyclic) bond motifs is 1. The Kier molecular flexibility index (Phi) is 2.36. The van der Waals surface area contributed by atoms with E-state index < -0.39 is 0 Å². The van der Waals surface area contributed by atoms with Crippen LogP contribution < -0.4 is 10.5 Å². The zero-order chi connectivity index (χ0) is 11.0. The van der Waals surface area contributed by atoms with E-state index in [2.05, 4.69) is 11.2 Å². The summed E-state index contributed by atoms with van der Waals surface area (Å²) in [5, 5.41) is 5.48. The minimum absolute atomic E-state index is 0.515. The Hall–Kier alpha value is -1.55. The number of aromatic nitrogens is 2. The molecule has 0 unspecified atom stereocenters. The second kappa shape index (κ2) is 3.55. The van der Waals surface area contributed by atoms with E-state index in [-0.39, 0.29) is 0 Å². The quantitative estimate of drug-likeness (QED) is 0.805. The van der Waals surface area contributed by atoms with Crippen molar-refractivity contribution in [3.05, 3.63) is 23.4 Å². The SMILES string of the molecule is COc1cc(CN)cc2c(C)nn(C)c12. The molecule has 1 aromatic heterocycles. The Morgan fingerprint density at radius 3 is 2.80 bits per heavy atom. The molecule has 0 radical (unpaired) electrons. The summed E-state index contributed by atoms with van der Waals surface area (Å²) in [7, 11) is 3.58. The number of methoxy groups -OCH3 is 1. The van der Waals surface area contributed by atoms with E-state index in [9.17, 15) is 0 Å². The molecule has 15 heavy (non-hydrogen) atoms. The van der Waals surface area contributed by atoms with Crippen LogP contribution in [0.25, 0.3) is 10.9 Å². The van der Waals surface area contributed by atoms with Gasteiger partial charge in [0.25, 0.3) is 0 Å². The van der Waals surface area contributed by atoms with Gasteiger partial charge < -0.3 is 10.5 Å². The first kappa shape index (κ1) is 9.98. The Morgan fingerprint density at radius 1 is 1.47 bits per heavy atom. The first-order valence-electron chi connectivity index (χ1n) is 4.87. The smallest absolute Gasteiger partial charge is 0.145 e. The molecule has 0 bridgehead atoms. The van der Waals surface area contributed by atoms with E-state index in [1.165, 1.54) is 0 Å². The molecule has 0 aliphatic carbocycles. The molecule has 0 saturated heterocycles. The third-order valence-corrected chi connectivity index (χ3v) is 2.60. The van der Waals surface area contributed by atoms with Crippen LogP contribution in [0, 0.1) is 6.92 Å².